The molecule has 118 valence electrons. The van der Waals surface area contributed by atoms with E-state index in [0.717, 1.165) is 48.5 Å². The Morgan fingerprint density at radius 3 is 2.91 bits per heavy atom. The quantitative estimate of drug-likeness (QED) is 0.841. The van der Waals surface area contributed by atoms with E-state index in [1.165, 1.54) is 0 Å². The monoisotopic (exact) mass is 302 g/mol. The van der Waals surface area contributed by atoms with Crippen LogP contribution in [0.25, 0.3) is 11.0 Å². The molecule has 22 heavy (non-hydrogen) atoms. The number of anilines is 1. The van der Waals surface area contributed by atoms with Crippen molar-refractivity contribution >= 4 is 22.7 Å². The molecule has 1 fully saturated rings. The number of carbonyl (C=O) groups excluding carboxylic acids is 1. The van der Waals surface area contributed by atoms with Crippen molar-refractivity contribution in [1.29, 1.82) is 0 Å². The molecule has 0 saturated carbocycles. The molecule has 1 aliphatic rings. The van der Waals surface area contributed by atoms with Gasteiger partial charge in [-0.3, -0.25) is 4.79 Å². The standard InChI is InChI=1S/C16H22N4O2/c1-2-22-16(21)11-5-7-20(8-6-11)12-3-4-13-14(9-12)19-15(10-17)18-13/h3-4,9,11H,2,5-8,10,17H2,1H3,(H,18,19). The number of carbonyl (C=O) groups is 1. The zero-order valence-corrected chi connectivity index (χ0v) is 12.8. The Kier molecular flexibility index (Phi) is 4.29. The van der Waals surface area contributed by atoms with E-state index in [0.29, 0.717) is 13.2 Å². The van der Waals surface area contributed by atoms with Crippen LogP contribution in [-0.2, 0) is 16.1 Å². The molecule has 6 nitrogen and oxygen atoms in total. The lowest BCUT2D eigenvalue weighted by Crippen LogP contribution is -2.36. The van der Waals surface area contributed by atoms with Crippen molar-refractivity contribution in [3.05, 3.63) is 24.0 Å². The lowest BCUT2D eigenvalue weighted by molar-refractivity contribution is -0.148. The number of H-pyrrole nitrogens is 1. The van der Waals surface area contributed by atoms with E-state index in [2.05, 4.69) is 27.0 Å². The van der Waals surface area contributed by atoms with Gasteiger partial charge in [0.25, 0.3) is 0 Å². The van der Waals surface area contributed by atoms with Crippen molar-refractivity contribution in [3.8, 4) is 0 Å². The van der Waals surface area contributed by atoms with Crippen LogP contribution in [0.3, 0.4) is 0 Å². The number of rotatable bonds is 4. The lowest BCUT2D eigenvalue weighted by atomic mass is 9.96. The summed E-state index contributed by atoms with van der Waals surface area (Å²) in [6.07, 6.45) is 1.68. The first-order valence-electron chi connectivity index (χ1n) is 7.81. The van der Waals surface area contributed by atoms with Crippen LogP contribution in [0.1, 0.15) is 25.6 Å². The highest BCUT2D eigenvalue weighted by atomic mass is 16.5. The highest BCUT2D eigenvalue weighted by Gasteiger charge is 2.26. The fourth-order valence-electron chi connectivity index (χ4n) is 2.98. The van der Waals surface area contributed by atoms with Crippen LogP contribution in [0.2, 0.25) is 0 Å². The minimum atomic E-state index is -0.0567. The predicted molar refractivity (Wildman–Crippen MR) is 85.6 cm³/mol. The van der Waals surface area contributed by atoms with Gasteiger partial charge in [-0.2, -0.15) is 0 Å². The molecule has 0 spiro atoms. The van der Waals surface area contributed by atoms with Crippen molar-refractivity contribution in [1.82, 2.24) is 9.97 Å². The third-order valence-electron chi connectivity index (χ3n) is 4.19. The normalized spacial score (nSPS) is 16.2. The Morgan fingerprint density at radius 1 is 1.45 bits per heavy atom. The van der Waals surface area contributed by atoms with Crippen molar-refractivity contribution in [2.45, 2.75) is 26.3 Å². The number of nitrogens with zero attached hydrogens (tertiary/aromatic N) is 2. The van der Waals surface area contributed by atoms with Crippen molar-refractivity contribution < 1.29 is 9.53 Å². The van der Waals surface area contributed by atoms with Gasteiger partial charge in [-0.1, -0.05) is 0 Å². The second kappa shape index (κ2) is 6.36. The number of benzene rings is 1. The van der Waals surface area contributed by atoms with Gasteiger partial charge in [0.05, 0.1) is 30.1 Å². The number of piperidine rings is 1. The van der Waals surface area contributed by atoms with E-state index in [4.69, 9.17) is 10.5 Å². The molecule has 3 N–H and O–H groups in total. The summed E-state index contributed by atoms with van der Waals surface area (Å²) in [5.74, 6) is 0.780. The molecule has 2 aromatic rings. The summed E-state index contributed by atoms with van der Waals surface area (Å²) in [6, 6.07) is 6.19. The van der Waals surface area contributed by atoms with Crippen molar-refractivity contribution in [2.75, 3.05) is 24.6 Å². The van der Waals surface area contributed by atoms with Gasteiger partial charge in [-0.15, -0.1) is 0 Å². The smallest absolute Gasteiger partial charge is 0.309 e. The zero-order chi connectivity index (χ0) is 15.5. The number of aromatic amines is 1. The van der Waals surface area contributed by atoms with Gasteiger partial charge < -0.3 is 20.4 Å². The molecule has 1 aromatic heterocycles. The maximum atomic E-state index is 11.8. The molecule has 0 amide bonds. The number of fused-ring (bicyclic) bond motifs is 1. The van der Waals surface area contributed by atoms with Crippen LogP contribution in [0.15, 0.2) is 18.2 Å². The third kappa shape index (κ3) is 2.92. The lowest BCUT2D eigenvalue weighted by Gasteiger charge is -2.32. The minimum absolute atomic E-state index is 0.0379. The average Bonchev–Trinajstić information content (AvgIpc) is 2.97. The van der Waals surface area contributed by atoms with E-state index in [1.807, 2.05) is 13.0 Å². The second-order valence-corrected chi connectivity index (χ2v) is 5.60. The Balaban J connectivity index is 1.69. The molecule has 1 aliphatic heterocycles. The van der Waals surface area contributed by atoms with Crippen LogP contribution in [0.4, 0.5) is 5.69 Å². The van der Waals surface area contributed by atoms with E-state index >= 15 is 0 Å². The molecule has 1 saturated heterocycles. The van der Waals surface area contributed by atoms with E-state index in [9.17, 15) is 4.79 Å². The Labute approximate surface area is 129 Å². The van der Waals surface area contributed by atoms with E-state index in [1.54, 1.807) is 0 Å². The SMILES string of the molecule is CCOC(=O)C1CCN(c2ccc3nc(CN)[nH]c3c2)CC1. The van der Waals surface area contributed by atoms with Gasteiger partial charge in [-0.25, -0.2) is 4.98 Å². The summed E-state index contributed by atoms with van der Waals surface area (Å²) in [5.41, 5.74) is 8.71. The molecule has 6 heteroatoms. The second-order valence-electron chi connectivity index (χ2n) is 5.60. The average molecular weight is 302 g/mol. The van der Waals surface area contributed by atoms with Crippen LogP contribution >= 0.6 is 0 Å². The third-order valence-corrected chi connectivity index (χ3v) is 4.19. The molecular weight excluding hydrogens is 280 g/mol. The maximum Gasteiger partial charge on any atom is 0.309 e. The van der Waals surface area contributed by atoms with Crippen molar-refractivity contribution in [3.63, 3.8) is 0 Å². The first kappa shape index (κ1) is 14.8. The zero-order valence-electron chi connectivity index (χ0n) is 12.8. The fourth-order valence-corrected chi connectivity index (χ4v) is 2.98. The predicted octanol–water partition coefficient (Wildman–Crippen LogP) is 1.80. The summed E-state index contributed by atoms with van der Waals surface area (Å²) in [4.78, 5) is 21.7. The summed E-state index contributed by atoms with van der Waals surface area (Å²) in [5, 5.41) is 0. The number of hydrogen-bond donors (Lipinski definition) is 2. The molecule has 3 rings (SSSR count). The van der Waals surface area contributed by atoms with Crippen LogP contribution in [0.5, 0.6) is 0 Å². The Hall–Kier alpha value is -2.08. The topological polar surface area (TPSA) is 84.2 Å². The van der Waals surface area contributed by atoms with Crippen LogP contribution < -0.4 is 10.6 Å². The van der Waals surface area contributed by atoms with Gasteiger partial charge >= 0.3 is 5.97 Å². The number of aromatic nitrogens is 2. The Morgan fingerprint density at radius 2 is 2.23 bits per heavy atom. The van der Waals surface area contributed by atoms with E-state index in [-0.39, 0.29) is 11.9 Å². The molecule has 2 heterocycles. The molecule has 1 aromatic carbocycles. The first-order chi connectivity index (χ1) is 10.7. The largest absolute Gasteiger partial charge is 0.466 e. The Bertz CT molecular complexity index is 659. The van der Waals surface area contributed by atoms with Crippen LogP contribution in [-0.4, -0.2) is 35.6 Å². The number of esters is 1. The number of imidazole rings is 1. The number of nitrogens with one attached hydrogen (secondary N) is 1. The van der Waals surface area contributed by atoms with Gasteiger partial charge in [-0.05, 0) is 38.0 Å². The summed E-state index contributed by atoms with van der Waals surface area (Å²) < 4.78 is 5.11. The van der Waals surface area contributed by atoms with Crippen molar-refractivity contribution in [2.24, 2.45) is 11.7 Å². The highest BCUT2D eigenvalue weighted by Crippen LogP contribution is 2.26. The number of nitrogens with two attached hydrogens (primary N) is 1. The fraction of sp³-hybridized carbons (Fsp3) is 0.500. The maximum absolute atomic E-state index is 11.8. The first-order valence-corrected chi connectivity index (χ1v) is 7.81. The van der Waals surface area contributed by atoms with Crippen LogP contribution in [0, 0.1) is 5.92 Å². The number of ether oxygens (including phenoxy) is 1. The van der Waals surface area contributed by atoms with Gasteiger partial charge in [0, 0.05) is 18.8 Å². The molecule has 0 aliphatic carbocycles. The van der Waals surface area contributed by atoms with Gasteiger partial charge in [0.15, 0.2) is 0 Å². The van der Waals surface area contributed by atoms with Gasteiger partial charge in [0.2, 0.25) is 0 Å². The molecule has 0 bridgehead atoms. The minimum Gasteiger partial charge on any atom is -0.466 e. The van der Waals surface area contributed by atoms with E-state index < -0.39 is 0 Å². The van der Waals surface area contributed by atoms with Gasteiger partial charge in [0.1, 0.15) is 5.82 Å². The summed E-state index contributed by atoms with van der Waals surface area (Å²) in [6.45, 7) is 4.45. The molecule has 0 unspecified atom stereocenters. The number of hydrogen-bond acceptors (Lipinski definition) is 5. The summed E-state index contributed by atoms with van der Waals surface area (Å²) >= 11 is 0. The molecule has 0 radical (unpaired) electrons. The highest BCUT2D eigenvalue weighted by molar-refractivity contribution is 5.80. The molecular formula is C16H22N4O2. The summed E-state index contributed by atoms with van der Waals surface area (Å²) in [7, 11) is 0. The molecule has 0 atom stereocenters.